The highest BCUT2D eigenvalue weighted by Crippen LogP contribution is 2.54. The van der Waals surface area contributed by atoms with E-state index in [0.717, 1.165) is 0 Å². The van der Waals surface area contributed by atoms with Gasteiger partial charge in [0.25, 0.3) is 0 Å². The van der Waals surface area contributed by atoms with Crippen LogP contribution in [0.2, 0.25) is 0 Å². The highest BCUT2D eigenvalue weighted by atomic mass is 35.6. The molecule has 9 heteroatoms. The molecule has 6 nitrogen and oxygen atoms in total. The normalized spacial score (nSPS) is 46.9. The van der Waals surface area contributed by atoms with Crippen molar-refractivity contribution in [2.24, 2.45) is 0 Å². The minimum absolute atomic E-state index is 0.198. The Morgan fingerprint density at radius 2 is 1.59 bits per heavy atom. The highest BCUT2D eigenvalue weighted by Gasteiger charge is 2.72. The van der Waals surface area contributed by atoms with Crippen LogP contribution >= 0.6 is 34.8 Å². The van der Waals surface area contributed by atoms with Gasteiger partial charge in [0.15, 0.2) is 23.5 Å². The number of aliphatic hydroxyl groups is 1. The maximum atomic E-state index is 11.2. The van der Waals surface area contributed by atoms with Gasteiger partial charge in [-0.25, -0.2) is 0 Å². The molecular formula is C13H19Cl3O6. The Labute approximate surface area is 143 Å². The van der Waals surface area contributed by atoms with Crippen molar-refractivity contribution < 1.29 is 28.8 Å². The second kappa shape index (κ2) is 5.07. The van der Waals surface area contributed by atoms with E-state index in [1.807, 2.05) is 0 Å². The monoisotopic (exact) mass is 376 g/mol. The number of hydrogen-bond donors (Lipinski definition) is 1. The van der Waals surface area contributed by atoms with Crippen LogP contribution in [0.3, 0.4) is 0 Å². The minimum atomic E-state index is -2.06. The van der Waals surface area contributed by atoms with Crippen LogP contribution in [-0.4, -0.2) is 57.3 Å². The number of fused-ring (bicyclic) bond motifs is 1. The first-order valence-corrected chi connectivity index (χ1v) is 8.11. The Bertz CT molecular complexity index is 465. The third-order valence-corrected chi connectivity index (χ3v) is 4.94. The topological polar surface area (TPSA) is 66.4 Å². The molecule has 22 heavy (non-hydrogen) atoms. The van der Waals surface area contributed by atoms with E-state index in [0.29, 0.717) is 0 Å². The van der Waals surface area contributed by atoms with E-state index in [1.54, 1.807) is 27.7 Å². The molecule has 3 heterocycles. The van der Waals surface area contributed by atoms with Gasteiger partial charge in [0.2, 0.25) is 3.79 Å². The SMILES string of the molecule is CC1(C)OC[C@@H]([C@H]2O[C@@H]3OC(C)(C)O[C@@H]3[C@@]2(O)C(Cl)(Cl)Cl)O1. The second-order valence-electron chi connectivity index (χ2n) is 6.67. The molecule has 128 valence electrons. The summed E-state index contributed by atoms with van der Waals surface area (Å²) in [7, 11) is 0. The smallest absolute Gasteiger partial charge is 0.224 e. The second-order valence-corrected chi connectivity index (χ2v) is 8.95. The fourth-order valence-electron chi connectivity index (χ4n) is 3.10. The molecular weight excluding hydrogens is 358 g/mol. The lowest BCUT2D eigenvalue weighted by atomic mass is 9.90. The van der Waals surface area contributed by atoms with Gasteiger partial charge in [-0.15, -0.1) is 0 Å². The molecule has 0 spiro atoms. The summed E-state index contributed by atoms with van der Waals surface area (Å²) in [5, 5.41) is 11.2. The summed E-state index contributed by atoms with van der Waals surface area (Å²) in [5.41, 5.74) is -1.94. The zero-order valence-electron chi connectivity index (χ0n) is 12.6. The highest BCUT2D eigenvalue weighted by molar-refractivity contribution is 6.68. The molecule has 0 radical (unpaired) electrons. The summed E-state index contributed by atoms with van der Waals surface area (Å²) in [6.45, 7) is 7.10. The molecule has 0 aromatic carbocycles. The fraction of sp³-hybridized carbons (Fsp3) is 1.00. The quantitative estimate of drug-likeness (QED) is 0.706. The van der Waals surface area contributed by atoms with Crippen molar-refractivity contribution in [3.8, 4) is 0 Å². The molecule has 3 fully saturated rings. The molecule has 0 saturated carbocycles. The largest absolute Gasteiger partial charge is 0.380 e. The zero-order chi connectivity index (χ0) is 16.6. The summed E-state index contributed by atoms with van der Waals surface area (Å²) in [4.78, 5) is 0. The van der Waals surface area contributed by atoms with Crippen molar-refractivity contribution in [3.05, 3.63) is 0 Å². The fourth-order valence-corrected chi connectivity index (χ4v) is 3.74. The van der Waals surface area contributed by atoms with Gasteiger partial charge in [-0.05, 0) is 27.7 Å². The predicted molar refractivity (Wildman–Crippen MR) is 78.8 cm³/mol. The summed E-state index contributed by atoms with van der Waals surface area (Å²) in [6.07, 6.45) is -3.38. The van der Waals surface area contributed by atoms with Crippen molar-refractivity contribution in [1.82, 2.24) is 0 Å². The number of hydrogen-bond acceptors (Lipinski definition) is 6. The Kier molecular flexibility index (Phi) is 4.02. The number of halogens is 3. The molecule has 3 saturated heterocycles. The molecule has 3 rings (SSSR count). The Morgan fingerprint density at radius 3 is 2.09 bits per heavy atom. The van der Waals surface area contributed by atoms with Crippen LogP contribution in [0.1, 0.15) is 27.7 Å². The molecule has 0 aromatic rings. The third-order valence-electron chi connectivity index (χ3n) is 4.03. The maximum Gasteiger partial charge on any atom is 0.224 e. The summed E-state index contributed by atoms with van der Waals surface area (Å²) in [6, 6.07) is 0. The standard InChI is InChI=1S/C13H19Cl3O6/c1-10(2)18-5-6(20-10)7-12(17,13(14,15)16)8-9(19-7)22-11(3,4)21-8/h6-9,17H,5H2,1-4H3/t6-,7+,8-,9+,12+/m0/s1. The molecule has 5 atom stereocenters. The first kappa shape index (κ1) is 17.5. The van der Waals surface area contributed by atoms with Gasteiger partial charge in [0.05, 0.1) is 6.61 Å². The molecule has 0 amide bonds. The van der Waals surface area contributed by atoms with Crippen LogP contribution in [0.5, 0.6) is 0 Å². The van der Waals surface area contributed by atoms with E-state index in [9.17, 15) is 5.11 Å². The van der Waals surface area contributed by atoms with E-state index in [-0.39, 0.29) is 6.61 Å². The van der Waals surface area contributed by atoms with Crippen molar-refractivity contribution in [3.63, 3.8) is 0 Å². The maximum absolute atomic E-state index is 11.2. The van der Waals surface area contributed by atoms with E-state index in [1.165, 1.54) is 0 Å². The first-order chi connectivity index (χ1) is 9.86. The molecule has 3 aliphatic heterocycles. The Balaban J connectivity index is 1.92. The van der Waals surface area contributed by atoms with Gasteiger partial charge in [-0.1, -0.05) is 34.8 Å². The number of ether oxygens (including phenoxy) is 5. The average molecular weight is 378 g/mol. The van der Waals surface area contributed by atoms with Crippen LogP contribution in [0, 0.1) is 0 Å². The van der Waals surface area contributed by atoms with Crippen LogP contribution in [-0.2, 0) is 23.7 Å². The van der Waals surface area contributed by atoms with Gasteiger partial charge in [-0.2, -0.15) is 0 Å². The van der Waals surface area contributed by atoms with Gasteiger partial charge < -0.3 is 28.8 Å². The zero-order valence-corrected chi connectivity index (χ0v) is 14.9. The van der Waals surface area contributed by atoms with Crippen molar-refractivity contribution >= 4 is 34.8 Å². The summed E-state index contributed by atoms with van der Waals surface area (Å²) < 4.78 is 26.3. The van der Waals surface area contributed by atoms with Gasteiger partial charge in [0, 0.05) is 0 Å². The lowest BCUT2D eigenvalue weighted by Gasteiger charge is -2.40. The molecule has 0 aromatic heterocycles. The minimum Gasteiger partial charge on any atom is -0.380 e. The lowest BCUT2D eigenvalue weighted by Crippen LogP contribution is -2.61. The molecule has 0 bridgehead atoms. The van der Waals surface area contributed by atoms with E-state index in [2.05, 4.69) is 0 Å². The van der Waals surface area contributed by atoms with Gasteiger partial charge in [0.1, 0.15) is 18.3 Å². The van der Waals surface area contributed by atoms with Crippen LogP contribution < -0.4 is 0 Å². The summed E-state index contributed by atoms with van der Waals surface area (Å²) >= 11 is 18.2. The number of alkyl halides is 3. The average Bonchev–Trinajstić information content (AvgIpc) is 2.90. The van der Waals surface area contributed by atoms with Crippen molar-refractivity contribution in [1.29, 1.82) is 0 Å². The first-order valence-electron chi connectivity index (χ1n) is 6.98. The van der Waals surface area contributed by atoms with E-state index < -0.39 is 45.6 Å². The molecule has 1 N–H and O–H groups in total. The van der Waals surface area contributed by atoms with Crippen LogP contribution in [0.25, 0.3) is 0 Å². The van der Waals surface area contributed by atoms with E-state index in [4.69, 9.17) is 58.5 Å². The lowest BCUT2D eigenvalue weighted by molar-refractivity contribution is -0.247. The van der Waals surface area contributed by atoms with Gasteiger partial charge >= 0.3 is 0 Å². The van der Waals surface area contributed by atoms with Crippen molar-refractivity contribution in [2.75, 3.05) is 6.61 Å². The van der Waals surface area contributed by atoms with E-state index >= 15 is 0 Å². The summed E-state index contributed by atoms with van der Waals surface area (Å²) in [5.74, 6) is -1.75. The molecule has 0 aliphatic carbocycles. The third kappa shape index (κ3) is 2.66. The molecule has 3 aliphatic rings. The van der Waals surface area contributed by atoms with Crippen LogP contribution in [0.15, 0.2) is 0 Å². The Hall–Kier alpha value is 0.630. The molecule has 0 unspecified atom stereocenters. The van der Waals surface area contributed by atoms with Crippen molar-refractivity contribution in [2.45, 2.75) is 73.3 Å². The van der Waals surface area contributed by atoms with Crippen LogP contribution in [0.4, 0.5) is 0 Å². The van der Waals surface area contributed by atoms with Gasteiger partial charge in [-0.3, -0.25) is 0 Å². The Morgan fingerprint density at radius 1 is 0.955 bits per heavy atom. The number of rotatable bonds is 1. The predicted octanol–water partition coefficient (Wildman–Crippen LogP) is 2.12.